The Bertz CT molecular complexity index is 461. The van der Waals surface area contributed by atoms with E-state index in [1.165, 1.54) is 26.9 Å². The van der Waals surface area contributed by atoms with Crippen LogP contribution in [0.3, 0.4) is 0 Å². The second kappa shape index (κ2) is 8.60. The van der Waals surface area contributed by atoms with Crippen LogP contribution in [-0.4, -0.2) is 33.1 Å². The number of allylic oxidation sites excluding steroid dienone is 1. The molecule has 0 aliphatic heterocycles. The maximum Gasteiger partial charge on any atom is 0.366 e. The first kappa shape index (κ1) is 17.4. The number of aryl methyl sites for hydroxylation is 1. The van der Waals surface area contributed by atoms with Gasteiger partial charge in [0.25, 0.3) is 5.79 Å². The zero-order valence-electron chi connectivity index (χ0n) is 13.2. The number of benzene rings is 1. The summed E-state index contributed by atoms with van der Waals surface area (Å²) in [6, 6.07) is 10.3. The quantitative estimate of drug-likeness (QED) is 0.419. The Hall–Kier alpha value is -1.65. The van der Waals surface area contributed by atoms with Crippen LogP contribution in [0.1, 0.15) is 25.3 Å². The lowest BCUT2D eigenvalue weighted by Gasteiger charge is -2.28. The molecule has 1 rings (SSSR count). The monoisotopic (exact) mass is 292 g/mol. The van der Waals surface area contributed by atoms with Gasteiger partial charge in [0.1, 0.15) is 0 Å². The van der Waals surface area contributed by atoms with E-state index < -0.39 is 11.8 Å². The molecule has 0 aliphatic rings. The number of methoxy groups -OCH3 is 3. The molecule has 0 aliphatic carbocycles. The zero-order chi connectivity index (χ0) is 15.7. The van der Waals surface area contributed by atoms with Gasteiger partial charge in [0.05, 0.1) is 7.11 Å². The summed E-state index contributed by atoms with van der Waals surface area (Å²) in [7, 11) is 4.21. The molecule has 1 aromatic carbocycles. The number of hydrogen-bond donors (Lipinski definition) is 0. The topological polar surface area (TPSA) is 44.8 Å². The van der Waals surface area contributed by atoms with Crippen molar-refractivity contribution in [1.29, 1.82) is 0 Å². The largest absolute Gasteiger partial charge is 0.465 e. The van der Waals surface area contributed by atoms with Crippen LogP contribution in [0.5, 0.6) is 0 Å². The highest BCUT2D eigenvalue weighted by molar-refractivity contribution is 5.78. The van der Waals surface area contributed by atoms with Crippen LogP contribution in [-0.2, 0) is 25.4 Å². The maximum atomic E-state index is 11.8. The molecule has 0 unspecified atom stereocenters. The van der Waals surface area contributed by atoms with Gasteiger partial charge in [0.2, 0.25) is 0 Å². The van der Waals surface area contributed by atoms with Crippen molar-refractivity contribution < 1.29 is 19.0 Å². The molecule has 0 heterocycles. The highest BCUT2D eigenvalue weighted by Crippen LogP contribution is 2.23. The predicted molar refractivity (Wildman–Crippen MR) is 81.9 cm³/mol. The van der Waals surface area contributed by atoms with Crippen LogP contribution in [0.2, 0.25) is 0 Å². The molecule has 0 amide bonds. The van der Waals surface area contributed by atoms with Crippen molar-refractivity contribution in [3.05, 3.63) is 47.5 Å². The van der Waals surface area contributed by atoms with Crippen molar-refractivity contribution in [3.63, 3.8) is 0 Å². The third-order valence-corrected chi connectivity index (χ3v) is 3.44. The van der Waals surface area contributed by atoms with Gasteiger partial charge in [0.15, 0.2) is 0 Å². The third kappa shape index (κ3) is 4.99. The minimum absolute atomic E-state index is 0.349. The number of carbonyl (C=O) groups is 1. The Balaban J connectivity index is 2.62. The minimum atomic E-state index is -1.36. The lowest BCUT2D eigenvalue weighted by molar-refractivity contribution is -0.227. The van der Waals surface area contributed by atoms with Crippen LogP contribution >= 0.6 is 0 Å². The van der Waals surface area contributed by atoms with Gasteiger partial charge in [-0.15, -0.1) is 0 Å². The predicted octanol–water partition coefficient (Wildman–Crippen LogP) is 3.12. The molecular weight excluding hydrogens is 268 g/mol. The van der Waals surface area contributed by atoms with E-state index in [0.717, 1.165) is 18.4 Å². The fourth-order valence-corrected chi connectivity index (χ4v) is 2.19. The molecule has 4 heteroatoms. The van der Waals surface area contributed by atoms with E-state index in [9.17, 15) is 4.79 Å². The summed E-state index contributed by atoms with van der Waals surface area (Å²) < 4.78 is 15.2. The van der Waals surface area contributed by atoms with Crippen molar-refractivity contribution in [2.45, 2.75) is 32.0 Å². The second-order valence-electron chi connectivity index (χ2n) is 4.90. The maximum absolute atomic E-state index is 11.8. The minimum Gasteiger partial charge on any atom is -0.465 e. The first-order chi connectivity index (χ1) is 10.1. The van der Waals surface area contributed by atoms with Gasteiger partial charge in [-0.05, 0) is 25.3 Å². The van der Waals surface area contributed by atoms with Gasteiger partial charge in [-0.25, -0.2) is 4.79 Å². The van der Waals surface area contributed by atoms with Gasteiger partial charge in [-0.3, -0.25) is 0 Å². The Morgan fingerprint density at radius 1 is 1.14 bits per heavy atom. The number of ether oxygens (including phenoxy) is 3. The average Bonchev–Trinajstić information content (AvgIpc) is 2.53. The number of esters is 1. The van der Waals surface area contributed by atoms with Crippen molar-refractivity contribution >= 4 is 5.97 Å². The van der Waals surface area contributed by atoms with Gasteiger partial charge < -0.3 is 14.2 Å². The van der Waals surface area contributed by atoms with E-state index >= 15 is 0 Å². The summed E-state index contributed by atoms with van der Waals surface area (Å²) >= 11 is 0. The third-order valence-electron chi connectivity index (χ3n) is 3.44. The van der Waals surface area contributed by atoms with Crippen LogP contribution < -0.4 is 0 Å². The number of carbonyl (C=O) groups excluding carboxylic acids is 1. The molecular formula is C17H24O4. The Morgan fingerprint density at radius 2 is 1.76 bits per heavy atom. The van der Waals surface area contributed by atoms with Crippen molar-refractivity contribution in [1.82, 2.24) is 0 Å². The van der Waals surface area contributed by atoms with Gasteiger partial charge in [-0.2, -0.15) is 0 Å². The Morgan fingerprint density at radius 3 is 2.29 bits per heavy atom. The molecule has 116 valence electrons. The van der Waals surface area contributed by atoms with Crippen molar-refractivity contribution in [3.8, 4) is 0 Å². The summed E-state index contributed by atoms with van der Waals surface area (Å²) in [6.45, 7) is 1.96. The summed E-state index contributed by atoms with van der Waals surface area (Å²) in [6.07, 6.45) is 4.31. The zero-order valence-corrected chi connectivity index (χ0v) is 13.2. The van der Waals surface area contributed by atoms with Crippen LogP contribution in [0.4, 0.5) is 0 Å². The molecule has 0 spiro atoms. The van der Waals surface area contributed by atoms with Crippen molar-refractivity contribution in [2.75, 3.05) is 21.3 Å². The lowest BCUT2D eigenvalue weighted by Crippen LogP contribution is -2.43. The van der Waals surface area contributed by atoms with E-state index in [4.69, 9.17) is 14.2 Å². The average molecular weight is 292 g/mol. The molecule has 0 bridgehead atoms. The number of hydrogen-bond acceptors (Lipinski definition) is 4. The molecule has 0 saturated carbocycles. The van der Waals surface area contributed by atoms with Gasteiger partial charge >= 0.3 is 5.97 Å². The standard InChI is InChI=1S/C17H24O4/c1-14(9-8-12-15-10-6-5-7-11-15)13-17(20-3,21-4)16(18)19-2/h5-7,9-11H,8,12-13H2,1-4H3/b14-9+. The molecule has 4 nitrogen and oxygen atoms in total. The molecule has 0 fully saturated rings. The Kier molecular flexibility index (Phi) is 7.12. The molecule has 0 saturated heterocycles. The number of rotatable bonds is 8. The van der Waals surface area contributed by atoms with Gasteiger partial charge in [-0.1, -0.05) is 42.0 Å². The summed E-state index contributed by atoms with van der Waals surface area (Å²) in [5.41, 5.74) is 2.32. The van der Waals surface area contributed by atoms with Crippen LogP contribution in [0.15, 0.2) is 42.0 Å². The summed E-state index contributed by atoms with van der Waals surface area (Å²) in [5, 5.41) is 0. The molecule has 21 heavy (non-hydrogen) atoms. The first-order valence-electron chi connectivity index (χ1n) is 6.96. The molecule has 0 aromatic heterocycles. The summed E-state index contributed by atoms with van der Waals surface area (Å²) in [4.78, 5) is 11.8. The fourth-order valence-electron chi connectivity index (χ4n) is 2.19. The van der Waals surface area contributed by atoms with Gasteiger partial charge in [0, 0.05) is 20.6 Å². The van der Waals surface area contributed by atoms with Crippen molar-refractivity contribution in [2.24, 2.45) is 0 Å². The smallest absolute Gasteiger partial charge is 0.366 e. The SMILES string of the molecule is COC(=O)C(C/C(C)=C/CCc1ccccc1)(OC)OC. The highest BCUT2D eigenvalue weighted by Gasteiger charge is 2.40. The second-order valence-corrected chi connectivity index (χ2v) is 4.90. The van der Waals surface area contributed by atoms with E-state index in [0.29, 0.717) is 6.42 Å². The van der Waals surface area contributed by atoms with Crippen LogP contribution in [0.25, 0.3) is 0 Å². The molecule has 1 aromatic rings. The lowest BCUT2D eigenvalue weighted by atomic mass is 10.0. The van der Waals surface area contributed by atoms with E-state index in [-0.39, 0.29) is 0 Å². The fraction of sp³-hybridized carbons (Fsp3) is 0.471. The molecule has 0 N–H and O–H groups in total. The van der Waals surface area contributed by atoms with E-state index in [1.54, 1.807) is 0 Å². The normalized spacial score (nSPS) is 12.3. The van der Waals surface area contributed by atoms with E-state index in [2.05, 4.69) is 18.2 Å². The highest BCUT2D eigenvalue weighted by atomic mass is 16.7. The first-order valence-corrected chi connectivity index (χ1v) is 6.96. The Labute approximate surface area is 126 Å². The molecule has 0 atom stereocenters. The van der Waals surface area contributed by atoms with Crippen LogP contribution in [0, 0.1) is 0 Å². The molecule has 0 radical (unpaired) electrons. The summed E-state index contributed by atoms with van der Waals surface area (Å²) in [5.74, 6) is -1.88. The van der Waals surface area contributed by atoms with E-state index in [1.807, 2.05) is 25.1 Å².